The molecule has 6 atom stereocenters. The van der Waals surface area contributed by atoms with Crippen molar-refractivity contribution in [1.82, 2.24) is 14.6 Å². The molecule has 0 bridgehead atoms. The molecule has 0 saturated carbocycles. The summed E-state index contributed by atoms with van der Waals surface area (Å²) in [5, 5.41) is 24.9. The van der Waals surface area contributed by atoms with Crippen LogP contribution in [0.2, 0.25) is 0 Å². The number of aromatic nitrogens is 2. The van der Waals surface area contributed by atoms with Crippen molar-refractivity contribution in [2.24, 2.45) is 0 Å². The molecule has 1 fully saturated rings. The number of H-pyrrole nitrogens is 1. The second kappa shape index (κ2) is 13.0. The van der Waals surface area contributed by atoms with Gasteiger partial charge in [-0.05, 0) is 44.2 Å². The topological polar surface area (TPSA) is 161 Å². The number of nitrogens with zero attached hydrogens (tertiary/aromatic N) is 1. The monoisotopic (exact) mass is 581 g/mol. The lowest BCUT2D eigenvalue weighted by Crippen LogP contribution is -2.48. The first kappa shape index (κ1) is 30.7. The minimum absolute atomic E-state index is 0.357. The number of aliphatic hydroxyl groups excluding tert-OH is 1. The van der Waals surface area contributed by atoms with Crippen molar-refractivity contribution in [2.75, 3.05) is 6.61 Å². The third-order valence-corrected chi connectivity index (χ3v) is 8.15. The molecule has 6 unspecified atom stereocenters. The summed E-state index contributed by atoms with van der Waals surface area (Å²) in [6.45, 7) is 1.39. The van der Waals surface area contributed by atoms with Gasteiger partial charge in [-0.25, -0.2) is 9.88 Å². The molecular formula is C25H32N3O9PS. The van der Waals surface area contributed by atoms with Gasteiger partial charge >= 0.3 is 18.3 Å². The van der Waals surface area contributed by atoms with Crippen molar-refractivity contribution in [3.05, 3.63) is 63.4 Å². The van der Waals surface area contributed by atoms with Gasteiger partial charge in [-0.1, -0.05) is 37.5 Å². The van der Waals surface area contributed by atoms with Gasteiger partial charge in [-0.2, -0.15) is 0 Å². The number of para-hydroxylation sites is 1. The Morgan fingerprint density at radius 3 is 2.62 bits per heavy atom. The first-order valence-corrected chi connectivity index (χ1v) is 14.9. The molecule has 0 aliphatic carbocycles. The zero-order valence-corrected chi connectivity index (χ0v) is 23.4. The van der Waals surface area contributed by atoms with Crippen LogP contribution in [0.4, 0.5) is 0 Å². The minimum Gasteiger partial charge on any atom is -0.462 e. The third-order valence-electron chi connectivity index (χ3n) is 5.72. The standard InChI is InChI=1S/C25H32N3O9PS/c1-5-10-18(22(31)35-16(3)4)27-38(39,37-17-11-8-7-9-12-17)34-15-19-21(30)25(33,6-2)23(36-19)28-14-13-20(29)26-24(28)32/h2,7-9,11-14,16,18-19,21,23,30,33H,5,10,15H2,1,3-4H3,(H,27,39)(H,26,29,32). The molecule has 0 amide bonds. The zero-order chi connectivity index (χ0) is 28.8. The fourth-order valence-electron chi connectivity index (χ4n) is 3.86. The number of terminal acetylenes is 1. The zero-order valence-electron chi connectivity index (χ0n) is 21.7. The van der Waals surface area contributed by atoms with Crippen LogP contribution < -0.4 is 20.9 Å². The summed E-state index contributed by atoms with van der Waals surface area (Å²) >= 11 is 5.74. The third kappa shape index (κ3) is 7.43. The fraction of sp³-hybridized carbons (Fsp3) is 0.480. The second-order valence-electron chi connectivity index (χ2n) is 9.11. The van der Waals surface area contributed by atoms with E-state index in [4.69, 9.17) is 36.8 Å². The van der Waals surface area contributed by atoms with Gasteiger partial charge in [0.1, 0.15) is 24.0 Å². The van der Waals surface area contributed by atoms with Gasteiger partial charge < -0.3 is 28.7 Å². The highest BCUT2D eigenvalue weighted by molar-refractivity contribution is 8.09. The Labute approximate surface area is 230 Å². The molecule has 1 aliphatic rings. The summed E-state index contributed by atoms with van der Waals surface area (Å²) in [7, 11) is 0. The molecule has 12 nitrogen and oxygen atoms in total. The highest BCUT2D eigenvalue weighted by Crippen LogP contribution is 2.47. The van der Waals surface area contributed by atoms with Gasteiger partial charge in [-0.3, -0.25) is 19.1 Å². The van der Waals surface area contributed by atoms with Crippen LogP contribution in [0, 0.1) is 12.3 Å². The van der Waals surface area contributed by atoms with E-state index in [9.17, 15) is 24.6 Å². The number of ether oxygens (including phenoxy) is 2. The van der Waals surface area contributed by atoms with Crippen molar-refractivity contribution in [1.29, 1.82) is 0 Å². The van der Waals surface area contributed by atoms with Gasteiger partial charge in [0.05, 0.1) is 12.7 Å². The number of aliphatic hydroxyl groups is 2. The van der Waals surface area contributed by atoms with Gasteiger partial charge in [0, 0.05) is 12.3 Å². The summed E-state index contributed by atoms with van der Waals surface area (Å²) < 4.78 is 23.9. The molecule has 0 radical (unpaired) electrons. The quantitative estimate of drug-likeness (QED) is 0.162. The molecule has 2 aromatic rings. The molecule has 4 N–H and O–H groups in total. The number of hydrogen-bond acceptors (Lipinski definition) is 10. The Hall–Kier alpha value is -2.82. The molecule has 3 rings (SSSR count). The van der Waals surface area contributed by atoms with E-state index in [-0.39, 0.29) is 6.10 Å². The van der Waals surface area contributed by atoms with Crippen LogP contribution in [-0.4, -0.2) is 62.3 Å². The number of aromatic amines is 1. The van der Waals surface area contributed by atoms with E-state index in [2.05, 4.69) is 11.0 Å². The van der Waals surface area contributed by atoms with E-state index in [0.29, 0.717) is 18.6 Å². The first-order chi connectivity index (χ1) is 18.4. The van der Waals surface area contributed by atoms with Crippen molar-refractivity contribution in [2.45, 2.75) is 69.8 Å². The number of nitrogens with one attached hydrogen (secondary N) is 2. The Bertz CT molecular complexity index is 1340. The normalized spacial score (nSPS) is 25.0. The van der Waals surface area contributed by atoms with E-state index < -0.39 is 60.5 Å². The number of esters is 1. The van der Waals surface area contributed by atoms with Gasteiger partial charge in [0.2, 0.25) is 0 Å². The van der Waals surface area contributed by atoms with Crippen molar-refractivity contribution < 1.29 is 33.5 Å². The summed E-state index contributed by atoms with van der Waals surface area (Å²) in [6.07, 6.45) is 2.71. The Balaban J connectivity index is 1.87. The Morgan fingerprint density at radius 2 is 2.03 bits per heavy atom. The van der Waals surface area contributed by atoms with E-state index in [1.807, 2.05) is 11.9 Å². The summed E-state index contributed by atoms with van der Waals surface area (Å²) in [6, 6.07) is 8.75. The maximum absolute atomic E-state index is 12.8. The molecule has 1 aromatic heterocycles. The van der Waals surface area contributed by atoms with E-state index in [1.54, 1.807) is 44.2 Å². The molecule has 1 aromatic carbocycles. The molecule has 2 heterocycles. The van der Waals surface area contributed by atoms with Crippen LogP contribution in [-0.2, 0) is 30.6 Å². The van der Waals surface area contributed by atoms with Crippen LogP contribution >= 0.6 is 6.64 Å². The molecule has 212 valence electrons. The summed E-state index contributed by atoms with van der Waals surface area (Å²) in [4.78, 5) is 38.6. The Morgan fingerprint density at radius 1 is 1.33 bits per heavy atom. The lowest BCUT2D eigenvalue weighted by Gasteiger charge is -2.29. The molecule has 14 heteroatoms. The maximum atomic E-state index is 12.8. The molecule has 1 saturated heterocycles. The van der Waals surface area contributed by atoms with E-state index in [0.717, 1.165) is 16.8 Å². The lowest BCUT2D eigenvalue weighted by molar-refractivity contribution is -0.149. The highest BCUT2D eigenvalue weighted by atomic mass is 32.5. The second-order valence-corrected chi connectivity index (χ2v) is 12.2. The lowest BCUT2D eigenvalue weighted by atomic mass is 9.95. The first-order valence-electron chi connectivity index (χ1n) is 12.2. The average molecular weight is 582 g/mol. The molecule has 39 heavy (non-hydrogen) atoms. The van der Waals surface area contributed by atoms with Crippen molar-refractivity contribution in [3.8, 4) is 18.1 Å². The summed E-state index contributed by atoms with van der Waals surface area (Å²) in [5.41, 5.74) is -3.92. The van der Waals surface area contributed by atoms with Crippen LogP contribution in [0.15, 0.2) is 52.2 Å². The van der Waals surface area contributed by atoms with E-state index >= 15 is 0 Å². The van der Waals surface area contributed by atoms with Crippen molar-refractivity contribution in [3.63, 3.8) is 0 Å². The van der Waals surface area contributed by atoms with Gasteiger partial charge in [0.15, 0.2) is 11.8 Å². The maximum Gasteiger partial charge on any atom is 0.330 e. The van der Waals surface area contributed by atoms with Gasteiger partial charge in [-0.15, -0.1) is 6.42 Å². The summed E-state index contributed by atoms with van der Waals surface area (Å²) in [5.74, 6) is 1.91. The van der Waals surface area contributed by atoms with Crippen LogP contribution in [0.1, 0.15) is 39.8 Å². The smallest absolute Gasteiger partial charge is 0.330 e. The number of rotatable bonds is 12. The molecule has 0 spiro atoms. The predicted molar refractivity (Wildman–Crippen MR) is 145 cm³/mol. The predicted octanol–water partition coefficient (Wildman–Crippen LogP) is 1.19. The average Bonchev–Trinajstić information content (AvgIpc) is 3.13. The van der Waals surface area contributed by atoms with E-state index in [1.165, 1.54) is 0 Å². The molecule has 1 aliphatic heterocycles. The van der Waals surface area contributed by atoms with Crippen LogP contribution in [0.25, 0.3) is 0 Å². The van der Waals surface area contributed by atoms with Gasteiger partial charge in [0.25, 0.3) is 5.56 Å². The fourth-order valence-corrected chi connectivity index (χ4v) is 6.22. The number of carbonyl (C=O) groups excluding carboxylic acids is 1. The number of hydrogen-bond donors (Lipinski definition) is 4. The number of carbonyl (C=O) groups is 1. The highest BCUT2D eigenvalue weighted by Gasteiger charge is 2.56. The van der Waals surface area contributed by atoms with Crippen LogP contribution in [0.3, 0.4) is 0 Å². The SMILES string of the molecule is C#CC1(O)C(O)C(COP(=S)(NC(CCC)C(=O)OC(C)C)Oc2ccccc2)OC1n1ccc(=O)[nH]c1=O. The minimum atomic E-state index is -3.52. The van der Waals surface area contributed by atoms with Crippen molar-refractivity contribution >= 4 is 24.4 Å². The largest absolute Gasteiger partial charge is 0.462 e. The van der Waals surface area contributed by atoms with Crippen LogP contribution in [0.5, 0.6) is 5.75 Å². The Kier molecular flexibility index (Phi) is 10.3. The molecular weight excluding hydrogens is 549 g/mol. The number of benzene rings is 1.